The van der Waals surface area contributed by atoms with Gasteiger partial charge in [-0.05, 0) is 29.8 Å². The third-order valence-corrected chi connectivity index (χ3v) is 3.19. The highest BCUT2D eigenvalue weighted by molar-refractivity contribution is 5.63. The van der Waals surface area contributed by atoms with Gasteiger partial charge in [-0.15, -0.1) is 0 Å². The van der Waals surface area contributed by atoms with Crippen LogP contribution in [0, 0.1) is 0 Å². The average Bonchev–Trinajstić information content (AvgIpc) is 2.90. The Kier molecular flexibility index (Phi) is 3.13. The van der Waals surface area contributed by atoms with Crippen molar-refractivity contribution in [2.75, 3.05) is 7.11 Å². The molecule has 1 aromatic heterocycles. The van der Waals surface area contributed by atoms with E-state index in [-0.39, 0.29) is 5.56 Å². The van der Waals surface area contributed by atoms with Crippen LogP contribution < -0.4 is 10.3 Å². The second-order valence-electron chi connectivity index (χ2n) is 4.39. The van der Waals surface area contributed by atoms with Crippen LogP contribution in [0.4, 0.5) is 0 Å². The number of methoxy groups -OCH3 is 1. The van der Waals surface area contributed by atoms with Crippen molar-refractivity contribution in [3.8, 4) is 22.6 Å². The van der Waals surface area contributed by atoms with E-state index in [2.05, 4.69) is 5.10 Å². The van der Waals surface area contributed by atoms with E-state index in [0.29, 0.717) is 5.56 Å². The van der Waals surface area contributed by atoms with Gasteiger partial charge in [0.15, 0.2) is 0 Å². The minimum absolute atomic E-state index is 0.0682. The van der Waals surface area contributed by atoms with Gasteiger partial charge in [0.25, 0.3) is 5.56 Å². The molecule has 0 saturated carbocycles. The molecular formula is C16H14N2O2. The van der Waals surface area contributed by atoms with E-state index in [1.165, 1.54) is 4.68 Å². The third-order valence-electron chi connectivity index (χ3n) is 3.19. The first-order valence-electron chi connectivity index (χ1n) is 6.30. The minimum Gasteiger partial charge on any atom is -0.497 e. The summed E-state index contributed by atoms with van der Waals surface area (Å²) in [5.41, 5.74) is 2.25. The second kappa shape index (κ2) is 5.09. The number of hydrogen-bond acceptors (Lipinski definition) is 2. The smallest absolute Gasteiger partial charge is 0.279 e. The van der Waals surface area contributed by atoms with Crippen LogP contribution in [0.2, 0.25) is 0 Å². The van der Waals surface area contributed by atoms with Crippen LogP contribution in [0.25, 0.3) is 16.8 Å². The fraction of sp³-hybridized carbons (Fsp3) is 0.0625. The van der Waals surface area contributed by atoms with Crippen LogP contribution in [-0.2, 0) is 0 Å². The monoisotopic (exact) mass is 266 g/mol. The number of aromatic amines is 1. The molecule has 0 unspecified atom stereocenters. The number of nitrogens with one attached hydrogen (secondary N) is 1. The zero-order valence-electron chi connectivity index (χ0n) is 11.0. The van der Waals surface area contributed by atoms with E-state index in [1.807, 2.05) is 54.6 Å². The number of nitrogens with zero attached hydrogens (tertiary/aromatic N) is 1. The fourth-order valence-electron chi connectivity index (χ4n) is 2.12. The van der Waals surface area contributed by atoms with E-state index in [4.69, 9.17) is 4.74 Å². The maximum Gasteiger partial charge on any atom is 0.279 e. The molecule has 3 aromatic rings. The molecule has 100 valence electrons. The number of ether oxygens (including phenoxy) is 1. The average molecular weight is 266 g/mol. The highest BCUT2D eigenvalue weighted by Gasteiger charge is 2.09. The van der Waals surface area contributed by atoms with Crippen molar-refractivity contribution in [2.24, 2.45) is 0 Å². The van der Waals surface area contributed by atoms with Crippen molar-refractivity contribution in [3.05, 3.63) is 71.1 Å². The van der Waals surface area contributed by atoms with Gasteiger partial charge in [0.2, 0.25) is 0 Å². The van der Waals surface area contributed by atoms with Crippen LogP contribution in [0.3, 0.4) is 0 Å². The van der Waals surface area contributed by atoms with E-state index in [9.17, 15) is 4.79 Å². The van der Waals surface area contributed by atoms with Gasteiger partial charge in [-0.2, -0.15) is 0 Å². The minimum atomic E-state index is -0.0682. The normalized spacial score (nSPS) is 10.4. The van der Waals surface area contributed by atoms with E-state index in [1.54, 1.807) is 13.3 Å². The van der Waals surface area contributed by atoms with Crippen LogP contribution in [0.1, 0.15) is 0 Å². The summed E-state index contributed by atoms with van der Waals surface area (Å²) in [6.45, 7) is 0. The van der Waals surface area contributed by atoms with Crippen LogP contribution >= 0.6 is 0 Å². The first kappa shape index (κ1) is 12.3. The van der Waals surface area contributed by atoms with Gasteiger partial charge < -0.3 is 4.74 Å². The molecule has 1 heterocycles. The Morgan fingerprint density at radius 3 is 2.35 bits per heavy atom. The molecule has 1 N–H and O–H groups in total. The lowest BCUT2D eigenvalue weighted by Crippen LogP contribution is -2.15. The predicted molar refractivity (Wildman–Crippen MR) is 78.4 cm³/mol. The number of H-pyrrole nitrogens is 1. The largest absolute Gasteiger partial charge is 0.497 e. The molecule has 2 aromatic carbocycles. The Balaban J connectivity index is 2.04. The maximum atomic E-state index is 12.4. The van der Waals surface area contributed by atoms with Gasteiger partial charge in [-0.3, -0.25) is 9.89 Å². The zero-order valence-corrected chi connectivity index (χ0v) is 11.0. The molecular weight excluding hydrogens is 252 g/mol. The van der Waals surface area contributed by atoms with Gasteiger partial charge >= 0.3 is 0 Å². The lowest BCUT2D eigenvalue weighted by atomic mass is 10.1. The Labute approximate surface area is 116 Å². The summed E-state index contributed by atoms with van der Waals surface area (Å²) in [6.07, 6.45) is 1.72. The molecule has 0 saturated heterocycles. The number of rotatable bonds is 3. The molecule has 0 aliphatic heterocycles. The molecule has 0 bridgehead atoms. The van der Waals surface area contributed by atoms with Crippen LogP contribution in [0.5, 0.6) is 5.75 Å². The molecule has 0 radical (unpaired) electrons. The molecule has 0 aliphatic rings. The summed E-state index contributed by atoms with van der Waals surface area (Å²) in [7, 11) is 1.62. The summed E-state index contributed by atoms with van der Waals surface area (Å²) >= 11 is 0. The molecule has 0 spiro atoms. The van der Waals surface area contributed by atoms with E-state index < -0.39 is 0 Å². The molecule has 20 heavy (non-hydrogen) atoms. The Morgan fingerprint density at radius 1 is 1.00 bits per heavy atom. The lowest BCUT2D eigenvalue weighted by molar-refractivity contribution is 0.415. The third kappa shape index (κ3) is 2.12. The number of benzene rings is 2. The van der Waals surface area contributed by atoms with Crippen molar-refractivity contribution >= 4 is 0 Å². The number of hydrogen-bond donors (Lipinski definition) is 1. The summed E-state index contributed by atoms with van der Waals surface area (Å²) in [4.78, 5) is 12.4. The van der Waals surface area contributed by atoms with E-state index >= 15 is 0 Å². The quantitative estimate of drug-likeness (QED) is 0.792. The Bertz CT molecular complexity index is 755. The van der Waals surface area contributed by atoms with Gasteiger partial charge in [0, 0.05) is 6.20 Å². The van der Waals surface area contributed by atoms with Crippen LogP contribution in [0.15, 0.2) is 65.6 Å². The van der Waals surface area contributed by atoms with Crippen LogP contribution in [-0.4, -0.2) is 16.9 Å². The van der Waals surface area contributed by atoms with Gasteiger partial charge in [-0.1, -0.05) is 30.3 Å². The molecule has 0 atom stereocenters. The first-order chi connectivity index (χ1) is 9.79. The highest BCUT2D eigenvalue weighted by atomic mass is 16.5. The van der Waals surface area contributed by atoms with Crippen molar-refractivity contribution in [2.45, 2.75) is 0 Å². The van der Waals surface area contributed by atoms with Crippen molar-refractivity contribution < 1.29 is 4.74 Å². The predicted octanol–water partition coefficient (Wildman–Crippen LogP) is 2.84. The molecule has 4 heteroatoms. The second-order valence-corrected chi connectivity index (χ2v) is 4.39. The first-order valence-corrected chi connectivity index (χ1v) is 6.30. The summed E-state index contributed by atoms with van der Waals surface area (Å²) < 4.78 is 6.65. The van der Waals surface area contributed by atoms with E-state index in [0.717, 1.165) is 17.0 Å². The number of para-hydroxylation sites is 1. The standard InChI is InChI=1S/C16H14N2O2/c1-20-14-9-7-12(8-10-14)15-11-17-18(16(15)19)13-5-3-2-4-6-13/h2-11,17H,1H3. The van der Waals surface area contributed by atoms with Crippen molar-refractivity contribution in [1.29, 1.82) is 0 Å². The molecule has 0 fully saturated rings. The van der Waals surface area contributed by atoms with Crippen molar-refractivity contribution in [3.63, 3.8) is 0 Å². The van der Waals surface area contributed by atoms with Gasteiger partial charge in [-0.25, -0.2) is 4.68 Å². The summed E-state index contributed by atoms with van der Waals surface area (Å²) in [6, 6.07) is 16.9. The topological polar surface area (TPSA) is 47.0 Å². The molecule has 0 aliphatic carbocycles. The molecule has 3 rings (SSSR count). The maximum absolute atomic E-state index is 12.4. The zero-order chi connectivity index (χ0) is 13.9. The Hall–Kier alpha value is -2.75. The molecule has 0 amide bonds. The van der Waals surface area contributed by atoms with Gasteiger partial charge in [0.1, 0.15) is 5.75 Å². The summed E-state index contributed by atoms with van der Waals surface area (Å²) in [5.74, 6) is 0.771. The summed E-state index contributed by atoms with van der Waals surface area (Å²) in [5, 5.41) is 2.99. The van der Waals surface area contributed by atoms with Gasteiger partial charge in [0.05, 0.1) is 18.4 Å². The SMILES string of the molecule is COc1ccc(-c2c[nH]n(-c3ccccc3)c2=O)cc1. The number of aromatic nitrogens is 2. The lowest BCUT2D eigenvalue weighted by Gasteiger charge is -2.01. The van der Waals surface area contributed by atoms with Crippen molar-refractivity contribution in [1.82, 2.24) is 9.78 Å². The fourth-order valence-corrected chi connectivity index (χ4v) is 2.12. The highest BCUT2D eigenvalue weighted by Crippen LogP contribution is 2.19. The Morgan fingerprint density at radius 2 is 1.70 bits per heavy atom. The molecule has 4 nitrogen and oxygen atoms in total.